The number of nitrogens with zero attached hydrogens (tertiary/aromatic N) is 1. The number of halogens is 2. The average molecular weight is 476 g/mol. The summed E-state index contributed by atoms with van der Waals surface area (Å²) in [5, 5.41) is 5.74. The van der Waals surface area contributed by atoms with Crippen LogP contribution in [0.3, 0.4) is 0 Å². The van der Waals surface area contributed by atoms with E-state index in [2.05, 4.69) is 54.1 Å². The van der Waals surface area contributed by atoms with Crippen molar-refractivity contribution >= 4 is 67.6 Å². The summed E-state index contributed by atoms with van der Waals surface area (Å²) in [7, 11) is 0. The normalized spacial score (nSPS) is 10.0. The second-order valence-electron chi connectivity index (χ2n) is 4.18. The van der Waals surface area contributed by atoms with Crippen molar-refractivity contribution in [3.8, 4) is 0 Å². The SMILES string of the molecule is Cc1nc(NC(=S)NC(=O)c2cccc(I)c2)ccc1Br. The number of rotatable bonds is 2. The van der Waals surface area contributed by atoms with E-state index in [-0.39, 0.29) is 11.0 Å². The van der Waals surface area contributed by atoms with Gasteiger partial charge in [0.25, 0.3) is 5.91 Å². The highest BCUT2D eigenvalue weighted by Crippen LogP contribution is 2.16. The maximum Gasteiger partial charge on any atom is 0.257 e. The molecule has 1 aromatic carbocycles. The molecule has 2 aromatic rings. The summed E-state index contributed by atoms with van der Waals surface area (Å²) in [6.07, 6.45) is 0. The Kier molecular flexibility index (Phi) is 5.65. The number of benzene rings is 1. The summed E-state index contributed by atoms with van der Waals surface area (Å²) in [5.41, 5.74) is 1.40. The van der Waals surface area contributed by atoms with Crippen molar-refractivity contribution in [2.75, 3.05) is 5.32 Å². The Morgan fingerprint density at radius 1 is 1.33 bits per heavy atom. The Morgan fingerprint density at radius 2 is 2.10 bits per heavy atom. The Hall–Kier alpha value is -1.06. The van der Waals surface area contributed by atoms with E-state index >= 15 is 0 Å². The third kappa shape index (κ3) is 4.72. The second-order valence-corrected chi connectivity index (χ2v) is 6.69. The van der Waals surface area contributed by atoms with Gasteiger partial charge in [0.15, 0.2) is 5.11 Å². The van der Waals surface area contributed by atoms with Gasteiger partial charge in [-0.05, 0) is 88.0 Å². The standard InChI is InChI=1S/C14H11BrIN3OS/c1-8-11(15)5-6-12(17-8)18-14(21)19-13(20)9-3-2-4-10(16)7-9/h2-7H,1H3,(H2,17,18,19,20,21). The fourth-order valence-corrected chi connectivity index (χ4v) is 2.53. The lowest BCUT2D eigenvalue weighted by Gasteiger charge is -2.10. The van der Waals surface area contributed by atoms with Crippen molar-refractivity contribution in [2.45, 2.75) is 6.92 Å². The first-order chi connectivity index (χ1) is 9.95. The van der Waals surface area contributed by atoms with Gasteiger partial charge in [-0.15, -0.1) is 0 Å². The first-order valence-electron chi connectivity index (χ1n) is 5.97. The summed E-state index contributed by atoms with van der Waals surface area (Å²) < 4.78 is 1.91. The van der Waals surface area contributed by atoms with Crippen molar-refractivity contribution in [3.63, 3.8) is 0 Å². The number of carbonyl (C=O) groups is 1. The zero-order chi connectivity index (χ0) is 15.4. The monoisotopic (exact) mass is 475 g/mol. The minimum atomic E-state index is -0.250. The van der Waals surface area contributed by atoms with Crippen molar-refractivity contribution < 1.29 is 4.79 Å². The van der Waals surface area contributed by atoms with Gasteiger partial charge in [0.2, 0.25) is 0 Å². The van der Waals surface area contributed by atoms with Gasteiger partial charge >= 0.3 is 0 Å². The molecule has 0 bridgehead atoms. The number of carbonyl (C=O) groups excluding carboxylic acids is 1. The molecule has 0 radical (unpaired) electrons. The van der Waals surface area contributed by atoms with Crippen molar-refractivity contribution in [1.82, 2.24) is 10.3 Å². The second kappa shape index (κ2) is 7.28. The van der Waals surface area contributed by atoms with Crippen LogP contribution in [0, 0.1) is 10.5 Å². The smallest absolute Gasteiger partial charge is 0.257 e. The lowest BCUT2D eigenvalue weighted by atomic mass is 10.2. The highest BCUT2D eigenvalue weighted by Gasteiger charge is 2.09. The molecular formula is C14H11BrIN3OS. The summed E-state index contributed by atoms with van der Waals surface area (Å²) in [4.78, 5) is 16.4. The molecule has 0 fully saturated rings. The quantitative estimate of drug-likeness (QED) is 0.511. The number of aromatic nitrogens is 1. The molecule has 1 heterocycles. The maximum atomic E-state index is 12.0. The van der Waals surface area contributed by atoms with Crippen LogP contribution in [0.25, 0.3) is 0 Å². The van der Waals surface area contributed by atoms with E-state index in [1.165, 1.54) is 0 Å². The van der Waals surface area contributed by atoms with Crippen LogP contribution >= 0.6 is 50.7 Å². The minimum absolute atomic E-state index is 0.216. The number of anilines is 1. The lowest BCUT2D eigenvalue weighted by Crippen LogP contribution is -2.34. The van der Waals surface area contributed by atoms with Gasteiger partial charge in [0, 0.05) is 13.6 Å². The Balaban J connectivity index is 2.01. The number of hydrogen-bond acceptors (Lipinski definition) is 3. The third-order valence-electron chi connectivity index (χ3n) is 2.58. The molecule has 0 unspecified atom stereocenters. The fourth-order valence-electron chi connectivity index (χ4n) is 1.57. The topological polar surface area (TPSA) is 54.0 Å². The molecule has 0 aliphatic rings. The van der Waals surface area contributed by atoms with Gasteiger partial charge in [-0.2, -0.15) is 0 Å². The highest BCUT2D eigenvalue weighted by atomic mass is 127. The third-order valence-corrected chi connectivity index (χ3v) is 4.29. The van der Waals surface area contributed by atoms with E-state index in [0.717, 1.165) is 13.7 Å². The van der Waals surface area contributed by atoms with E-state index < -0.39 is 0 Å². The van der Waals surface area contributed by atoms with Gasteiger partial charge in [0.1, 0.15) is 5.82 Å². The van der Waals surface area contributed by atoms with Crippen LogP contribution in [0.2, 0.25) is 0 Å². The van der Waals surface area contributed by atoms with Gasteiger partial charge in [-0.1, -0.05) is 6.07 Å². The molecule has 1 amide bonds. The van der Waals surface area contributed by atoms with E-state index in [1.54, 1.807) is 18.2 Å². The molecule has 0 spiro atoms. The number of nitrogens with one attached hydrogen (secondary N) is 2. The maximum absolute atomic E-state index is 12.0. The average Bonchev–Trinajstić information content (AvgIpc) is 2.43. The molecule has 2 rings (SSSR count). The summed E-state index contributed by atoms with van der Waals surface area (Å²) >= 11 is 10.7. The van der Waals surface area contributed by atoms with Crippen LogP contribution in [0.15, 0.2) is 40.9 Å². The summed E-state index contributed by atoms with van der Waals surface area (Å²) in [6.45, 7) is 1.88. The minimum Gasteiger partial charge on any atom is -0.317 e. The van der Waals surface area contributed by atoms with Crippen molar-refractivity contribution in [2.24, 2.45) is 0 Å². The molecule has 1 aromatic heterocycles. The van der Waals surface area contributed by atoms with E-state index in [1.807, 2.05) is 25.1 Å². The number of pyridine rings is 1. The lowest BCUT2D eigenvalue weighted by molar-refractivity contribution is 0.0977. The van der Waals surface area contributed by atoms with Crippen LogP contribution in [-0.2, 0) is 0 Å². The van der Waals surface area contributed by atoms with Crippen molar-refractivity contribution in [3.05, 3.63) is 55.7 Å². The Bertz CT molecular complexity index is 708. The number of thiocarbonyl (C=S) groups is 1. The molecular weight excluding hydrogens is 465 g/mol. The molecule has 0 saturated carbocycles. The molecule has 0 saturated heterocycles. The van der Waals surface area contributed by atoms with E-state index in [9.17, 15) is 4.79 Å². The largest absolute Gasteiger partial charge is 0.317 e. The van der Waals surface area contributed by atoms with E-state index in [0.29, 0.717) is 11.4 Å². The van der Waals surface area contributed by atoms with Crippen molar-refractivity contribution in [1.29, 1.82) is 0 Å². The molecule has 21 heavy (non-hydrogen) atoms. The molecule has 0 atom stereocenters. The van der Waals surface area contributed by atoms with Crippen LogP contribution < -0.4 is 10.6 Å². The number of amides is 1. The molecule has 108 valence electrons. The zero-order valence-corrected chi connectivity index (χ0v) is 15.5. The highest BCUT2D eigenvalue weighted by molar-refractivity contribution is 14.1. The molecule has 0 aliphatic heterocycles. The Morgan fingerprint density at radius 3 is 2.76 bits per heavy atom. The zero-order valence-electron chi connectivity index (χ0n) is 11.0. The first kappa shape index (κ1) is 16.3. The fraction of sp³-hybridized carbons (Fsp3) is 0.0714. The Labute approximate surface area is 150 Å². The summed E-state index contributed by atoms with van der Waals surface area (Å²) in [6, 6.07) is 10.9. The van der Waals surface area contributed by atoms with Crippen LogP contribution in [0.1, 0.15) is 16.1 Å². The molecule has 7 heteroatoms. The van der Waals surface area contributed by atoms with Gasteiger partial charge < -0.3 is 5.32 Å². The first-order valence-corrected chi connectivity index (χ1v) is 8.25. The van der Waals surface area contributed by atoms with Crippen LogP contribution in [0.4, 0.5) is 5.82 Å². The number of hydrogen-bond donors (Lipinski definition) is 2. The van der Waals surface area contributed by atoms with Crippen LogP contribution in [0.5, 0.6) is 0 Å². The molecule has 2 N–H and O–H groups in total. The molecule has 4 nitrogen and oxygen atoms in total. The number of aryl methyl sites for hydroxylation is 1. The van der Waals surface area contributed by atoms with Gasteiger partial charge in [-0.3, -0.25) is 10.1 Å². The van der Waals surface area contributed by atoms with E-state index in [4.69, 9.17) is 12.2 Å². The summed E-state index contributed by atoms with van der Waals surface area (Å²) in [5.74, 6) is 0.337. The van der Waals surface area contributed by atoms with Gasteiger partial charge in [-0.25, -0.2) is 4.98 Å². The van der Waals surface area contributed by atoms with Crippen LogP contribution in [-0.4, -0.2) is 16.0 Å². The van der Waals surface area contributed by atoms with Gasteiger partial charge in [0.05, 0.1) is 5.69 Å². The predicted octanol–water partition coefficient (Wildman–Crippen LogP) is 3.88. The molecule has 0 aliphatic carbocycles. The predicted molar refractivity (Wildman–Crippen MR) is 99.5 cm³/mol.